The summed E-state index contributed by atoms with van der Waals surface area (Å²) in [7, 11) is 1.99. The first kappa shape index (κ1) is 13.8. The lowest BCUT2D eigenvalue weighted by atomic mass is 10.2. The number of rotatable bonds is 5. The molecule has 0 saturated heterocycles. The third kappa shape index (κ3) is 4.69. The maximum Gasteiger partial charge on any atom is 0.142 e. The van der Waals surface area contributed by atoms with Gasteiger partial charge in [0, 0.05) is 11.9 Å². The third-order valence-corrected chi connectivity index (χ3v) is 2.87. The molecular formula is C12H16Cl2FN. The van der Waals surface area contributed by atoms with Crippen LogP contribution in [0, 0.1) is 5.82 Å². The van der Waals surface area contributed by atoms with Gasteiger partial charge in [-0.15, -0.1) is 11.6 Å². The molecule has 0 aliphatic rings. The quantitative estimate of drug-likeness (QED) is 0.728. The van der Waals surface area contributed by atoms with E-state index in [4.69, 9.17) is 23.2 Å². The largest absolute Gasteiger partial charge is 0.302 e. The summed E-state index contributed by atoms with van der Waals surface area (Å²) in [6.45, 7) is 3.57. The molecule has 4 heteroatoms. The summed E-state index contributed by atoms with van der Waals surface area (Å²) < 4.78 is 13.2. The number of hydrogen-bond acceptors (Lipinski definition) is 1. The summed E-state index contributed by atoms with van der Waals surface area (Å²) in [6, 6.07) is 4.90. The highest BCUT2D eigenvalue weighted by Crippen LogP contribution is 2.16. The summed E-state index contributed by atoms with van der Waals surface area (Å²) in [4.78, 5) is 2.11. The topological polar surface area (TPSA) is 3.24 Å². The number of alkyl halides is 1. The molecule has 1 unspecified atom stereocenters. The Morgan fingerprint density at radius 3 is 2.69 bits per heavy atom. The Kier molecular flexibility index (Phi) is 5.53. The van der Waals surface area contributed by atoms with Crippen LogP contribution in [0.5, 0.6) is 0 Å². The molecule has 90 valence electrons. The zero-order valence-electron chi connectivity index (χ0n) is 9.51. The van der Waals surface area contributed by atoms with Crippen LogP contribution in [0.15, 0.2) is 18.2 Å². The second kappa shape index (κ2) is 6.43. The molecular weight excluding hydrogens is 248 g/mol. The molecule has 1 atom stereocenters. The minimum absolute atomic E-state index is 0.167. The van der Waals surface area contributed by atoms with Gasteiger partial charge in [0.15, 0.2) is 0 Å². The van der Waals surface area contributed by atoms with Crippen LogP contribution < -0.4 is 0 Å². The van der Waals surface area contributed by atoms with Gasteiger partial charge in [-0.25, -0.2) is 4.39 Å². The van der Waals surface area contributed by atoms with Crippen molar-refractivity contribution in [2.24, 2.45) is 0 Å². The molecule has 16 heavy (non-hydrogen) atoms. The van der Waals surface area contributed by atoms with Crippen molar-refractivity contribution in [3.05, 3.63) is 34.6 Å². The molecule has 0 bridgehead atoms. The van der Waals surface area contributed by atoms with Gasteiger partial charge in [0.05, 0.1) is 5.02 Å². The fourth-order valence-electron chi connectivity index (χ4n) is 1.43. The summed E-state index contributed by atoms with van der Waals surface area (Å²) >= 11 is 11.5. The Morgan fingerprint density at radius 1 is 1.44 bits per heavy atom. The molecule has 0 aromatic heterocycles. The molecule has 0 N–H and O–H groups in total. The van der Waals surface area contributed by atoms with Crippen molar-refractivity contribution in [3.63, 3.8) is 0 Å². The smallest absolute Gasteiger partial charge is 0.142 e. The van der Waals surface area contributed by atoms with E-state index in [2.05, 4.69) is 4.90 Å². The van der Waals surface area contributed by atoms with Crippen molar-refractivity contribution < 1.29 is 4.39 Å². The van der Waals surface area contributed by atoms with Crippen LogP contribution in [0.3, 0.4) is 0 Å². The lowest BCUT2D eigenvalue weighted by Gasteiger charge is -2.17. The van der Waals surface area contributed by atoms with Crippen molar-refractivity contribution in [2.75, 3.05) is 13.6 Å². The number of benzene rings is 1. The van der Waals surface area contributed by atoms with Gasteiger partial charge in [0.25, 0.3) is 0 Å². The fraction of sp³-hybridized carbons (Fsp3) is 0.500. The van der Waals surface area contributed by atoms with Crippen LogP contribution in [0.25, 0.3) is 0 Å². The molecule has 0 radical (unpaired) electrons. The Bertz CT molecular complexity index is 342. The first-order chi connectivity index (χ1) is 7.49. The van der Waals surface area contributed by atoms with E-state index in [-0.39, 0.29) is 16.2 Å². The van der Waals surface area contributed by atoms with Gasteiger partial charge >= 0.3 is 0 Å². The average Bonchev–Trinajstić information content (AvgIpc) is 2.21. The molecule has 0 aliphatic heterocycles. The van der Waals surface area contributed by atoms with E-state index in [9.17, 15) is 4.39 Å². The standard InChI is InChI=1S/C12H16Cl2FN/c1-9(13)5-6-16(2)8-10-3-4-11(14)12(15)7-10/h3-4,7,9H,5-6,8H2,1-2H3. The minimum atomic E-state index is -0.363. The maximum absolute atomic E-state index is 13.2. The van der Waals surface area contributed by atoms with Crippen molar-refractivity contribution in [1.29, 1.82) is 0 Å². The van der Waals surface area contributed by atoms with Crippen molar-refractivity contribution in [2.45, 2.75) is 25.3 Å². The predicted octanol–water partition coefficient (Wildman–Crippen LogP) is 3.93. The van der Waals surface area contributed by atoms with Gasteiger partial charge in [0.2, 0.25) is 0 Å². The lowest BCUT2D eigenvalue weighted by molar-refractivity contribution is 0.321. The van der Waals surface area contributed by atoms with E-state index in [1.54, 1.807) is 6.07 Å². The normalized spacial score (nSPS) is 13.1. The number of hydrogen-bond donors (Lipinski definition) is 0. The van der Waals surface area contributed by atoms with Gasteiger partial charge in [-0.3, -0.25) is 0 Å². The van der Waals surface area contributed by atoms with E-state index >= 15 is 0 Å². The molecule has 1 rings (SSSR count). The highest BCUT2D eigenvalue weighted by Gasteiger charge is 2.05. The zero-order valence-corrected chi connectivity index (χ0v) is 11.0. The van der Waals surface area contributed by atoms with E-state index in [1.807, 2.05) is 20.0 Å². The van der Waals surface area contributed by atoms with Crippen LogP contribution in [0.2, 0.25) is 5.02 Å². The van der Waals surface area contributed by atoms with Crippen LogP contribution in [-0.2, 0) is 6.54 Å². The van der Waals surface area contributed by atoms with Crippen LogP contribution in [-0.4, -0.2) is 23.9 Å². The number of nitrogens with zero attached hydrogens (tertiary/aromatic N) is 1. The molecule has 0 saturated carbocycles. The van der Waals surface area contributed by atoms with E-state index in [1.165, 1.54) is 6.07 Å². The van der Waals surface area contributed by atoms with Gasteiger partial charge in [-0.05, 0) is 44.6 Å². The molecule has 0 aliphatic carbocycles. The molecule has 1 aromatic carbocycles. The third-order valence-electron chi connectivity index (χ3n) is 2.35. The SMILES string of the molecule is CC(Cl)CCN(C)Cc1ccc(Cl)c(F)c1. The monoisotopic (exact) mass is 263 g/mol. The van der Waals surface area contributed by atoms with E-state index in [0.717, 1.165) is 18.5 Å². The Morgan fingerprint density at radius 2 is 2.12 bits per heavy atom. The maximum atomic E-state index is 13.2. The van der Waals surface area contributed by atoms with Crippen LogP contribution in [0.1, 0.15) is 18.9 Å². The Balaban J connectivity index is 2.49. The van der Waals surface area contributed by atoms with Gasteiger partial charge in [-0.2, -0.15) is 0 Å². The summed E-state index contributed by atoms with van der Waals surface area (Å²) in [5, 5.41) is 0.338. The summed E-state index contributed by atoms with van der Waals surface area (Å²) in [6.07, 6.45) is 0.925. The van der Waals surface area contributed by atoms with Crippen molar-refractivity contribution >= 4 is 23.2 Å². The molecule has 0 fully saturated rings. The molecule has 1 nitrogen and oxygen atoms in total. The van der Waals surface area contributed by atoms with E-state index < -0.39 is 0 Å². The summed E-state index contributed by atoms with van der Waals surface area (Å²) in [5.74, 6) is -0.363. The minimum Gasteiger partial charge on any atom is -0.302 e. The fourth-order valence-corrected chi connectivity index (χ4v) is 1.64. The van der Waals surface area contributed by atoms with Crippen LogP contribution in [0.4, 0.5) is 4.39 Å². The van der Waals surface area contributed by atoms with Crippen LogP contribution >= 0.6 is 23.2 Å². The van der Waals surface area contributed by atoms with Gasteiger partial charge < -0.3 is 4.90 Å². The molecule has 0 heterocycles. The molecule has 0 spiro atoms. The average molecular weight is 264 g/mol. The molecule has 1 aromatic rings. The first-order valence-corrected chi connectivity index (χ1v) is 6.07. The Labute approximate surface area is 106 Å². The second-order valence-corrected chi connectivity index (χ2v) is 5.21. The molecule has 0 amide bonds. The number of halogens is 3. The van der Waals surface area contributed by atoms with Crippen molar-refractivity contribution in [1.82, 2.24) is 4.90 Å². The predicted molar refractivity (Wildman–Crippen MR) is 67.7 cm³/mol. The highest BCUT2D eigenvalue weighted by molar-refractivity contribution is 6.30. The second-order valence-electron chi connectivity index (χ2n) is 4.06. The summed E-state index contributed by atoms with van der Waals surface area (Å²) in [5.41, 5.74) is 0.923. The van der Waals surface area contributed by atoms with Gasteiger partial charge in [0.1, 0.15) is 5.82 Å². The zero-order chi connectivity index (χ0) is 12.1. The lowest BCUT2D eigenvalue weighted by Crippen LogP contribution is -2.20. The Hall–Kier alpha value is -0.310. The highest BCUT2D eigenvalue weighted by atomic mass is 35.5. The van der Waals surface area contributed by atoms with Crippen molar-refractivity contribution in [3.8, 4) is 0 Å². The first-order valence-electron chi connectivity index (χ1n) is 5.25. The van der Waals surface area contributed by atoms with E-state index in [0.29, 0.717) is 6.54 Å². The van der Waals surface area contributed by atoms with Gasteiger partial charge in [-0.1, -0.05) is 17.7 Å².